The van der Waals surface area contributed by atoms with Gasteiger partial charge < -0.3 is 14.3 Å². The summed E-state index contributed by atoms with van der Waals surface area (Å²) in [6, 6.07) is 33.3. The maximum atomic E-state index is 13.0. The van der Waals surface area contributed by atoms with Crippen LogP contribution in [0.5, 0.6) is 11.5 Å². The van der Waals surface area contributed by atoms with E-state index in [4.69, 9.17) is 9.15 Å². The summed E-state index contributed by atoms with van der Waals surface area (Å²) in [7, 11) is 0. The van der Waals surface area contributed by atoms with Gasteiger partial charge in [-0.2, -0.15) is 0 Å². The molecule has 166 valence electrons. The lowest BCUT2D eigenvalue weighted by atomic mass is 9.82. The van der Waals surface area contributed by atoms with Crippen molar-refractivity contribution in [3.8, 4) is 22.6 Å². The molecule has 4 nitrogen and oxygen atoms in total. The lowest BCUT2D eigenvalue weighted by molar-refractivity contribution is 0.166. The fourth-order valence-electron chi connectivity index (χ4n) is 4.87. The Hall–Kier alpha value is -4.31. The maximum absolute atomic E-state index is 13.0. The lowest BCUT2D eigenvalue weighted by Crippen LogP contribution is -2.23. The fraction of sp³-hybridized carbons (Fsp3) is 0.100. The summed E-state index contributed by atoms with van der Waals surface area (Å²) in [5, 5.41) is 11.7. The largest absolute Gasteiger partial charge is 0.507 e. The molecule has 0 amide bonds. The number of fused-ring (bicyclic) bond motifs is 2. The molecule has 0 radical (unpaired) electrons. The van der Waals surface area contributed by atoms with E-state index >= 15 is 0 Å². The van der Waals surface area contributed by atoms with Gasteiger partial charge in [0.25, 0.3) is 0 Å². The molecular formula is C30H22O4. The van der Waals surface area contributed by atoms with Crippen LogP contribution in [0.15, 0.2) is 112 Å². The minimum absolute atomic E-state index is 0.0215. The normalized spacial score (nSPS) is 17.2. The minimum Gasteiger partial charge on any atom is -0.507 e. The molecule has 1 aliphatic rings. The molecule has 4 aromatic carbocycles. The lowest BCUT2D eigenvalue weighted by Gasteiger charge is -2.32. The van der Waals surface area contributed by atoms with E-state index in [1.54, 1.807) is 18.2 Å². The van der Waals surface area contributed by atoms with Crippen LogP contribution in [0.3, 0.4) is 0 Å². The van der Waals surface area contributed by atoms with E-state index in [9.17, 15) is 9.90 Å². The predicted octanol–water partition coefficient (Wildman–Crippen LogP) is 6.82. The van der Waals surface area contributed by atoms with Gasteiger partial charge in [-0.3, -0.25) is 0 Å². The maximum Gasteiger partial charge on any atom is 0.343 e. The first-order valence-electron chi connectivity index (χ1n) is 11.3. The summed E-state index contributed by atoms with van der Waals surface area (Å²) in [6.45, 7) is 0. The highest BCUT2D eigenvalue weighted by atomic mass is 16.5. The topological polar surface area (TPSA) is 59.7 Å². The molecule has 1 N–H and O–H groups in total. The molecule has 4 heteroatoms. The van der Waals surface area contributed by atoms with Gasteiger partial charge >= 0.3 is 5.63 Å². The van der Waals surface area contributed by atoms with Crippen molar-refractivity contribution in [3.63, 3.8) is 0 Å². The Morgan fingerprint density at radius 1 is 0.735 bits per heavy atom. The molecule has 1 aromatic heterocycles. The third kappa shape index (κ3) is 3.44. The molecular weight excluding hydrogens is 424 g/mol. The van der Waals surface area contributed by atoms with E-state index in [2.05, 4.69) is 36.4 Å². The molecule has 2 heterocycles. The first-order chi connectivity index (χ1) is 16.7. The average Bonchev–Trinajstić information content (AvgIpc) is 2.89. The van der Waals surface area contributed by atoms with Gasteiger partial charge in [-0.1, -0.05) is 84.9 Å². The van der Waals surface area contributed by atoms with Gasteiger partial charge in [0.1, 0.15) is 23.2 Å². The summed E-state index contributed by atoms with van der Waals surface area (Å²) in [5.74, 6) is 0.333. The van der Waals surface area contributed by atoms with Gasteiger partial charge in [0.15, 0.2) is 0 Å². The number of ether oxygens (including phenoxy) is 1. The molecule has 0 saturated carbocycles. The molecule has 0 spiro atoms. The van der Waals surface area contributed by atoms with E-state index in [1.165, 1.54) is 0 Å². The Morgan fingerprint density at radius 2 is 1.41 bits per heavy atom. The van der Waals surface area contributed by atoms with Crippen LogP contribution in [0.2, 0.25) is 0 Å². The second kappa shape index (κ2) is 8.23. The molecule has 34 heavy (non-hydrogen) atoms. The third-order valence-corrected chi connectivity index (χ3v) is 6.57. The Kier molecular flexibility index (Phi) is 4.92. The minimum atomic E-state index is -0.518. The van der Waals surface area contributed by atoms with Crippen LogP contribution in [-0.2, 0) is 0 Å². The number of para-hydroxylation sites is 2. The number of aromatic hydroxyl groups is 1. The molecule has 0 fully saturated rings. The summed E-state index contributed by atoms with van der Waals surface area (Å²) in [5.41, 5.74) is 4.31. The van der Waals surface area contributed by atoms with E-state index < -0.39 is 5.63 Å². The summed E-state index contributed by atoms with van der Waals surface area (Å²) >= 11 is 0. The van der Waals surface area contributed by atoms with Crippen LogP contribution in [0.1, 0.15) is 35.1 Å². The smallest absolute Gasteiger partial charge is 0.343 e. The highest BCUT2D eigenvalue weighted by Gasteiger charge is 2.34. The Labute approximate surface area is 196 Å². The SMILES string of the molecule is O=c1oc2ccccc2c(O)c1C1CC(c2ccc(-c3ccccc3)cc2)Oc2ccccc21. The predicted molar refractivity (Wildman–Crippen MR) is 132 cm³/mol. The van der Waals surface area contributed by atoms with Gasteiger partial charge in [-0.15, -0.1) is 0 Å². The summed E-state index contributed by atoms with van der Waals surface area (Å²) < 4.78 is 12.0. The number of rotatable bonds is 3. The fourth-order valence-corrected chi connectivity index (χ4v) is 4.87. The Balaban J connectivity index is 1.43. The number of hydrogen-bond donors (Lipinski definition) is 1. The average molecular weight is 447 g/mol. The van der Waals surface area contributed by atoms with Crippen molar-refractivity contribution < 1.29 is 14.3 Å². The zero-order valence-corrected chi connectivity index (χ0v) is 18.3. The molecule has 5 aromatic rings. The summed E-state index contributed by atoms with van der Waals surface area (Å²) in [4.78, 5) is 13.0. The van der Waals surface area contributed by atoms with Crippen LogP contribution in [0.4, 0.5) is 0 Å². The van der Waals surface area contributed by atoms with Crippen molar-refractivity contribution in [2.75, 3.05) is 0 Å². The third-order valence-electron chi connectivity index (χ3n) is 6.57. The molecule has 0 aliphatic carbocycles. The second-order valence-corrected chi connectivity index (χ2v) is 8.57. The standard InChI is InChI=1S/C30H22O4/c31-29-23-11-5-7-13-26(23)34-30(32)28(29)24-18-27(33-25-12-6-4-10-22(24)25)21-16-14-20(15-17-21)19-8-2-1-3-9-19/h1-17,24,27,31H,18H2. The quantitative estimate of drug-likeness (QED) is 0.309. The van der Waals surface area contributed by atoms with Gasteiger partial charge in [0.2, 0.25) is 0 Å². The van der Waals surface area contributed by atoms with E-state index in [1.807, 2.05) is 48.5 Å². The number of hydrogen-bond acceptors (Lipinski definition) is 4. The van der Waals surface area contributed by atoms with Crippen LogP contribution in [0.25, 0.3) is 22.1 Å². The monoisotopic (exact) mass is 446 g/mol. The Morgan fingerprint density at radius 3 is 2.24 bits per heavy atom. The van der Waals surface area contributed by atoms with Gasteiger partial charge in [0.05, 0.1) is 10.9 Å². The first-order valence-corrected chi connectivity index (χ1v) is 11.3. The van der Waals surface area contributed by atoms with Crippen molar-refractivity contribution in [3.05, 3.63) is 130 Å². The zero-order chi connectivity index (χ0) is 23.1. The van der Waals surface area contributed by atoms with Crippen molar-refractivity contribution >= 4 is 11.0 Å². The molecule has 0 bridgehead atoms. The Bertz CT molecular complexity index is 1530. The van der Waals surface area contributed by atoms with E-state index in [-0.39, 0.29) is 23.3 Å². The molecule has 0 saturated heterocycles. The van der Waals surface area contributed by atoms with Crippen LogP contribution in [0, 0.1) is 0 Å². The molecule has 1 aliphatic heterocycles. The van der Waals surface area contributed by atoms with Gasteiger partial charge in [0, 0.05) is 17.9 Å². The van der Waals surface area contributed by atoms with Crippen molar-refractivity contribution in [2.24, 2.45) is 0 Å². The van der Waals surface area contributed by atoms with Crippen molar-refractivity contribution in [1.82, 2.24) is 0 Å². The van der Waals surface area contributed by atoms with Crippen molar-refractivity contribution in [2.45, 2.75) is 18.4 Å². The molecule has 2 atom stereocenters. The molecule has 6 rings (SSSR count). The highest BCUT2D eigenvalue weighted by Crippen LogP contribution is 2.47. The highest BCUT2D eigenvalue weighted by molar-refractivity contribution is 5.84. The van der Waals surface area contributed by atoms with Crippen LogP contribution < -0.4 is 10.4 Å². The first kappa shape index (κ1) is 20.3. The second-order valence-electron chi connectivity index (χ2n) is 8.57. The molecule has 2 unspecified atom stereocenters. The van der Waals surface area contributed by atoms with Gasteiger partial charge in [-0.25, -0.2) is 4.79 Å². The zero-order valence-electron chi connectivity index (χ0n) is 18.3. The van der Waals surface area contributed by atoms with Gasteiger partial charge in [-0.05, 0) is 34.9 Å². The number of benzene rings is 4. The van der Waals surface area contributed by atoms with E-state index in [0.717, 1.165) is 22.3 Å². The van der Waals surface area contributed by atoms with Crippen LogP contribution >= 0.6 is 0 Å². The van der Waals surface area contributed by atoms with Crippen molar-refractivity contribution in [1.29, 1.82) is 0 Å². The van der Waals surface area contributed by atoms with E-state index in [0.29, 0.717) is 23.1 Å². The summed E-state index contributed by atoms with van der Waals surface area (Å²) in [6.07, 6.45) is 0.244. The van der Waals surface area contributed by atoms with Crippen LogP contribution in [-0.4, -0.2) is 5.11 Å².